The number of anilines is 1. The Morgan fingerprint density at radius 1 is 1.23 bits per heavy atom. The van der Waals surface area contributed by atoms with Gasteiger partial charge in [-0.1, -0.05) is 12.2 Å². The molecule has 3 N–H and O–H groups in total. The van der Waals surface area contributed by atoms with E-state index in [1.54, 1.807) is 12.3 Å². The van der Waals surface area contributed by atoms with Crippen LogP contribution in [0.3, 0.4) is 0 Å². The van der Waals surface area contributed by atoms with Gasteiger partial charge in [0, 0.05) is 25.3 Å². The van der Waals surface area contributed by atoms with Crippen LogP contribution in [-0.2, 0) is 4.74 Å². The monoisotopic (exact) mass is 411 g/mol. The van der Waals surface area contributed by atoms with Crippen LogP contribution in [0.15, 0.2) is 53.2 Å². The average molecular weight is 411 g/mol. The molecule has 1 atom stereocenters. The number of fused-ring (bicyclic) bond motifs is 1. The predicted octanol–water partition coefficient (Wildman–Crippen LogP) is 3.09. The van der Waals surface area contributed by atoms with Crippen LogP contribution in [0.5, 0.6) is 0 Å². The first-order valence-electron chi connectivity index (χ1n) is 10.6. The zero-order valence-electron chi connectivity index (χ0n) is 16.8. The van der Waals surface area contributed by atoms with Crippen LogP contribution >= 0.6 is 0 Å². The Kier molecular flexibility index (Phi) is 5.16. The summed E-state index contributed by atoms with van der Waals surface area (Å²) in [6, 6.07) is 0.240. The topological polar surface area (TPSA) is 80.2 Å². The van der Waals surface area contributed by atoms with Crippen molar-refractivity contribution in [2.75, 3.05) is 25.1 Å². The molecule has 1 unspecified atom stereocenters. The fraction of sp³-hybridized carbons (Fsp3) is 0.455. The average Bonchev–Trinajstić information content (AvgIpc) is 3.20. The molecule has 0 bridgehead atoms. The SMILES string of the molecule is O=C1NC(CC2=C(C3=CC=C(F)CN3)CCC=C2)Nc2c1cnn2C1CCOCC1. The van der Waals surface area contributed by atoms with Crippen LogP contribution in [0.4, 0.5) is 10.2 Å². The van der Waals surface area contributed by atoms with E-state index in [1.807, 2.05) is 4.68 Å². The van der Waals surface area contributed by atoms with E-state index < -0.39 is 0 Å². The third-order valence-electron chi connectivity index (χ3n) is 6.09. The predicted molar refractivity (Wildman–Crippen MR) is 111 cm³/mol. The number of dihydropyridines is 1. The largest absolute Gasteiger partial charge is 0.381 e. The molecule has 1 saturated heterocycles. The van der Waals surface area contributed by atoms with Gasteiger partial charge < -0.3 is 20.7 Å². The van der Waals surface area contributed by atoms with E-state index in [4.69, 9.17) is 4.74 Å². The van der Waals surface area contributed by atoms with Gasteiger partial charge in [0.25, 0.3) is 5.91 Å². The fourth-order valence-electron chi connectivity index (χ4n) is 4.53. The Bertz CT molecular complexity index is 968. The maximum atomic E-state index is 13.4. The second-order valence-electron chi connectivity index (χ2n) is 8.06. The number of hydrogen-bond acceptors (Lipinski definition) is 5. The molecule has 30 heavy (non-hydrogen) atoms. The number of aromatic nitrogens is 2. The van der Waals surface area contributed by atoms with Crippen LogP contribution in [0.1, 0.15) is 48.5 Å². The lowest BCUT2D eigenvalue weighted by Gasteiger charge is -2.31. The molecule has 0 radical (unpaired) electrons. The smallest absolute Gasteiger partial charge is 0.258 e. The Labute approximate surface area is 174 Å². The number of nitrogens with zero attached hydrogens (tertiary/aromatic N) is 2. The van der Waals surface area contributed by atoms with Gasteiger partial charge in [-0.3, -0.25) is 4.79 Å². The molecule has 0 aromatic carbocycles. The van der Waals surface area contributed by atoms with Gasteiger partial charge >= 0.3 is 0 Å². The first-order chi connectivity index (χ1) is 14.7. The maximum Gasteiger partial charge on any atom is 0.258 e. The lowest BCUT2D eigenvalue weighted by Crippen LogP contribution is -2.45. The summed E-state index contributed by atoms with van der Waals surface area (Å²) < 4.78 is 20.8. The number of ether oxygens (including phenoxy) is 1. The van der Waals surface area contributed by atoms with Gasteiger partial charge in [-0.15, -0.1) is 0 Å². The lowest BCUT2D eigenvalue weighted by molar-refractivity contribution is 0.0667. The number of allylic oxidation sites excluding steroid dienone is 5. The van der Waals surface area contributed by atoms with Crippen molar-refractivity contribution in [3.05, 3.63) is 58.7 Å². The summed E-state index contributed by atoms with van der Waals surface area (Å²) in [5.74, 6) is 0.522. The Balaban J connectivity index is 1.39. The molecular formula is C22H26FN5O2. The second kappa shape index (κ2) is 8.10. The standard InChI is InChI=1S/C22H26FN5O2/c23-15-5-6-19(24-12-15)17-4-2-1-3-14(17)11-20-26-21-18(22(29)27-20)13-25-28(21)16-7-9-30-10-8-16/h1,3,5-6,13,16,20,24,26H,2,4,7-12H2,(H,27,29). The van der Waals surface area contributed by atoms with Gasteiger partial charge in [0.1, 0.15) is 23.4 Å². The van der Waals surface area contributed by atoms with E-state index in [-0.39, 0.29) is 30.5 Å². The molecule has 3 aliphatic heterocycles. The molecule has 1 aromatic heterocycles. The van der Waals surface area contributed by atoms with Crippen molar-refractivity contribution in [1.82, 2.24) is 20.4 Å². The molecule has 1 aromatic rings. The van der Waals surface area contributed by atoms with Gasteiger partial charge in [-0.25, -0.2) is 9.07 Å². The first kappa shape index (κ1) is 19.1. The molecule has 1 aliphatic carbocycles. The van der Waals surface area contributed by atoms with Gasteiger partial charge in [0.05, 0.1) is 18.8 Å². The van der Waals surface area contributed by atoms with E-state index in [0.717, 1.165) is 42.8 Å². The van der Waals surface area contributed by atoms with Crippen molar-refractivity contribution >= 4 is 11.7 Å². The molecule has 4 heterocycles. The highest BCUT2D eigenvalue weighted by Crippen LogP contribution is 2.32. The molecule has 1 amide bonds. The highest BCUT2D eigenvalue weighted by Gasteiger charge is 2.31. The molecule has 4 aliphatic rings. The minimum absolute atomic E-state index is 0.103. The molecule has 0 saturated carbocycles. The summed E-state index contributed by atoms with van der Waals surface area (Å²) in [7, 11) is 0. The fourth-order valence-corrected chi connectivity index (χ4v) is 4.53. The zero-order chi connectivity index (χ0) is 20.5. The quantitative estimate of drug-likeness (QED) is 0.710. The van der Waals surface area contributed by atoms with E-state index in [0.29, 0.717) is 25.2 Å². The minimum atomic E-state index is -0.232. The Hall–Kier alpha value is -2.87. The van der Waals surface area contributed by atoms with Crippen LogP contribution in [0.25, 0.3) is 0 Å². The summed E-state index contributed by atoms with van der Waals surface area (Å²) in [5.41, 5.74) is 3.88. The van der Waals surface area contributed by atoms with Crippen molar-refractivity contribution in [2.45, 2.75) is 44.3 Å². The van der Waals surface area contributed by atoms with Crippen LogP contribution in [0, 0.1) is 0 Å². The summed E-state index contributed by atoms with van der Waals surface area (Å²) >= 11 is 0. The number of carbonyl (C=O) groups excluding carboxylic acids is 1. The summed E-state index contributed by atoms with van der Waals surface area (Å²) in [6.07, 6.45) is 13.3. The molecule has 5 rings (SSSR count). The molecule has 1 fully saturated rings. The van der Waals surface area contributed by atoms with E-state index >= 15 is 0 Å². The molecule has 8 heteroatoms. The van der Waals surface area contributed by atoms with Crippen molar-refractivity contribution in [1.29, 1.82) is 0 Å². The highest BCUT2D eigenvalue weighted by atomic mass is 19.1. The normalized spacial score (nSPS) is 24.4. The number of carbonyl (C=O) groups is 1. The van der Waals surface area contributed by atoms with E-state index in [9.17, 15) is 9.18 Å². The van der Waals surface area contributed by atoms with Crippen molar-refractivity contribution in [2.24, 2.45) is 0 Å². The first-order valence-corrected chi connectivity index (χ1v) is 10.6. The van der Waals surface area contributed by atoms with Crippen molar-refractivity contribution < 1.29 is 13.9 Å². The van der Waals surface area contributed by atoms with Crippen LogP contribution < -0.4 is 16.0 Å². The van der Waals surface area contributed by atoms with Gasteiger partial charge in [0.15, 0.2) is 0 Å². The minimum Gasteiger partial charge on any atom is -0.381 e. The number of halogens is 1. The van der Waals surface area contributed by atoms with Crippen LogP contribution in [-0.4, -0.2) is 41.6 Å². The number of nitrogens with one attached hydrogen (secondary N) is 3. The van der Waals surface area contributed by atoms with E-state index in [2.05, 4.69) is 33.2 Å². The van der Waals surface area contributed by atoms with Gasteiger partial charge in [-0.05, 0) is 49.0 Å². The summed E-state index contributed by atoms with van der Waals surface area (Å²) in [4.78, 5) is 12.7. The zero-order valence-corrected chi connectivity index (χ0v) is 16.8. The van der Waals surface area contributed by atoms with Crippen LogP contribution in [0.2, 0.25) is 0 Å². The van der Waals surface area contributed by atoms with Gasteiger partial charge in [0.2, 0.25) is 0 Å². The maximum absolute atomic E-state index is 13.4. The summed E-state index contributed by atoms with van der Waals surface area (Å²) in [5, 5.41) is 14.2. The number of hydrogen-bond donors (Lipinski definition) is 3. The summed E-state index contributed by atoms with van der Waals surface area (Å²) in [6.45, 7) is 1.65. The Morgan fingerprint density at radius 3 is 2.90 bits per heavy atom. The molecular weight excluding hydrogens is 385 g/mol. The second-order valence-corrected chi connectivity index (χ2v) is 8.06. The Morgan fingerprint density at radius 2 is 2.10 bits per heavy atom. The van der Waals surface area contributed by atoms with E-state index in [1.165, 1.54) is 11.6 Å². The highest BCUT2D eigenvalue weighted by molar-refractivity contribution is 6.00. The number of rotatable bonds is 4. The third kappa shape index (κ3) is 3.67. The molecule has 7 nitrogen and oxygen atoms in total. The van der Waals surface area contributed by atoms with Crippen molar-refractivity contribution in [3.63, 3.8) is 0 Å². The lowest BCUT2D eigenvalue weighted by atomic mass is 9.91. The third-order valence-corrected chi connectivity index (χ3v) is 6.09. The number of amides is 1. The van der Waals surface area contributed by atoms with Gasteiger partial charge in [-0.2, -0.15) is 5.10 Å². The van der Waals surface area contributed by atoms with Crippen molar-refractivity contribution in [3.8, 4) is 0 Å². The molecule has 158 valence electrons. The molecule has 0 spiro atoms.